The van der Waals surface area contributed by atoms with Crippen LogP contribution in [-0.4, -0.2) is 32.1 Å². The van der Waals surface area contributed by atoms with Crippen LogP contribution in [0.2, 0.25) is 0 Å². The van der Waals surface area contributed by atoms with Crippen LogP contribution in [0.5, 0.6) is 0 Å². The molecule has 0 atom stereocenters. The summed E-state index contributed by atoms with van der Waals surface area (Å²) < 4.78 is 4.42. The maximum atomic E-state index is 11.7. The molecule has 1 amide bonds. The average Bonchev–Trinajstić information content (AvgIpc) is 2.81. The largest absolute Gasteiger partial charge is 0.468 e. The van der Waals surface area contributed by atoms with Crippen LogP contribution in [-0.2, 0) is 9.53 Å². The fraction of sp³-hybridized carbons (Fsp3) is 0.273. The first-order valence-corrected chi connectivity index (χ1v) is 5.68. The number of nitrogens with two attached hydrogens (primary N) is 1. The molecule has 6 heteroatoms. The molecule has 0 saturated carbocycles. The van der Waals surface area contributed by atoms with E-state index in [-0.39, 0.29) is 19.0 Å². The van der Waals surface area contributed by atoms with Crippen molar-refractivity contribution in [3.63, 3.8) is 0 Å². The molecule has 1 aromatic heterocycles. The molecule has 0 aromatic carbocycles. The zero-order chi connectivity index (χ0) is 12.7. The minimum atomic E-state index is -0.496. The van der Waals surface area contributed by atoms with Crippen molar-refractivity contribution in [2.45, 2.75) is 0 Å². The molecule has 1 rings (SSSR count). The van der Waals surface area contributed by atoms with E-state index in [1.54, 1.807) is 11.4 Å². The van der Waals surface area contributed by atoms with E-state index in [1.807, 2.05) is 0 Å². The molecule has 0 unspecified atom stereocenters. The number of carbonyl (C=O) groups is 2. The van der Waals surface area contributed by atoms with Crippen molar-refractivity contribution >= 4 is 23.2 Å². The Balaban J connectivity index is 2.69. The van der Waals surface area contributed by atoms with E-state index in [4.69, 9.17) is 5.73 Å². The van der Waals surface area contributed by atoms with Crippen LogP contribution < -0.4 is 11.1 Å². The molecule has 1 aromatic rings. The number of amides is 1. The molecule has 17 heavy (non-hydrogen) atoms. The third kappa shape index (κ3) is 3.90. The van der Waals surface area contributed by atoms with Crippen LogP contribution in [0.25, 0.3) is 0 Å². The normalized spacial score (nSPS) is 9.06. The lowest BCUT2D eigenvalue weighted by Crippen LogP contribution is -2.29. The van der Waals surface area contributed by atoms with E-state index in [1.165, 1.54) is 18.4 Å². The molecule has 0 spiro atoms. The standard InChI is InChI=1S/C11H12N2O3S/c1-16-9(14)7-13-11(15)10-8(3-2-5-12)4-6-17-10/h4,6H,5,7,12H2,1H3,(H,13,15). The molecule has 0 saturated heterocycles. The summed E-state index contributed by atoms with van der Waals surface area (Å²) in [7, 11) is 1.26. The lowest BCUT2D eigenvalue weighted by molar-refractivity contribution is -0.139. The highest BCUT2D eigenvalue weighted by Crippen LogP contribution is 2.15. The number of methoxy groups -OCH3 is 1. The Morgan fingerprint density at radius 2 is 2.35 bits per heavy atom. The summed E-state index contributed by atoms with van der Waals surface area (Å²) in [6, 6.07) is 1.74. The molecule has 90 valence electrons. The van der Waals surface area contributed by atoms with Gasteiger partial charge in [-0.1, -0.05) is 11.8 Å². The summed E-state index contributed by atoms with van der Waals surface area (Å²) in [5.41, 5.74) is 5.87. The van der Waals surface area contributed by atoms with Gasteiger partial charge in [-0.05, 0) is 11.4 Å². The first-order chi connectivity index (χ1) is 8.19. The summed E-state index contributed by atoms with van der Waals surface area (Å²) >= 11 is 1.26. The molecular formula is C11H12N2O3S. The minimum Gasteiger partial charge on any atom is -0.468 e. The van der Waals surface area contributed by atoms with Gasteiger partial charge in [-0.2, -0.15) is 0 Å². The van der Waals surface area contributed by atoms with Gasteiger partial charge in [-0.3, -0.25) is 9.59 Å². The fourth-order valence-electron chi connectivity index (χ4n) is 1.03. The third-order valence-electron chi connectivity index (χ3n) is 1.82. The van der Waals surface area contributed by atoms with Gasteiger partial charge < -0.3 is 15.8 Å². The predicted octanol–water partition coefficient (Wildman–Crippen LogP) is -0.0389. The quantitative estimate of drug-likeness (QED) is 0.584. The Morgan fingerprint density at radius 3 is 3.00 bits per heavy atom. The number of esters is 1. The maximum absolute atomic E-state index is 11.7. The van der Waals surface area contributed by atoms with Gasteiger partial charge in [0.2, 0.25) is 0 Å². The van der Waals surface area contributed by atoms with Crippen molar-refractivity contribution in [2.75, 3.05) is 20.2 Å². The Kier molecular flexibility index (Phi) is 5.20. The van der Waals surface area contributed by atoms with Gasteiger partial charge in [0, 0.05) is 5.56 Å². The van der Waals surface area contributed by atoms with E-state index in [9.17, 15) is 9.59 Å². The van der Waals surface area contributed by atoms with E-state index in [2.05, 4.69) is 21.9 Å². The molecule has 0 aliphatic carbocycles. The summed E-state index contributed by atoms with van der Waals surface area (Å²) in [6.45, 7) is 0.0794. The van der Waals surface area contributed by atoms with Crippen molar-refractivity contribution < 1.29 is 14.3 Å². The second-order valence-electron chi connectivity index (χ2n) is 2.93. The van der Waals surface area contributed by atoms with Crippen LogP contribution in [0.1, 0.15) is 15.2 Å². The highest BCUT2D eigenvalue weighted by atomic mass is 32.1. The lowest BCUT2D eigenvalue weighted by atomic mass is 10.2. The number of nitrogens with one attached hydrogen (secondary N) is 1. The number of hydrogen-bond donors (Lipinski definition) is 2. The maximum Gasteiger partial charge on any atom is 0.325 e. The SMILES string of the molecule is COC(=O)CNC(=O)c1sccc1C#CCN. The first kappa shape index (κ1) is 13.2. The molecule has 3 N–H and O–H groups in total. The number of thiophene rings is 1. The highest BCUT2D eigenvalue weighted by molar-refractivity contribution is 7.12. The van der Waals surface area contributed by atoms with Gasteiger partial charge >= 0.3 is 5.97 Å². The van der Waals surface area contributed by atoms with Gasteiger partial charge in [0.05, 0.1) is 13.7 Å². The molecule has 5 nitrogen and oxygen atoms in total. The lowest BCUT2D eigenvalue weighted by Gasteiger charge is -2.02. The monoisotopic (exact) mass is 252 g/mol. The van der Waals surface area contributed by atoms with Gasteiger partial charge in [0.1, 0.15) is 11.4 Å². The summed E-state index contributed by atoms with van der Waals surface area (Å²) in [6.07, 6.45) is 0. The molecule has 0 aliphatic heterocycles. The van der Waals surface area contributed by atoms with E-state index >= 15 is 0 Å². The smallest absolute Gasteiger partial charge is 0.325 e. The zero-order valence-electron chi connectivity index (χ0n) is 9.28. The van der Waals surface area contributed by atoms with Crippen LogP contribution in [0.15, 0.2) is 11.4 Å². The summed E-state index contributed by atoms with van der Waals surface area (Å²) in [5, 5.41) is 4.21. The molecule has 0 radical (unpaired) electrons. The molecule has 0 bridgehead atoms. The van der Waals surface area contributed by atoms with Crippen LogP contribution >= 0.6 is 11.3 Å². The zero-order valence-corrected chi connectivity index (χ0v) is 10.1. The topological polar surface area (TPSA) is 81.4 Å². The Hall–Kier alpha value is -1.84. The molecular weight excluding hydrogens is 240 g/mol. The van der Waals surface area contributed by atoms with Crippen LogP contribution in [0, 0.1) is 11.8 Å². The van der Waals surface area contributed by atoms with Gasteiger partial charge in [0.25, 0.3) is 5.91 Å². The fourth-order valence-corrected chi connectivity index (χ4v) is 1.80. The summed E-state index contributed by atoms with van der Waals surface area (Å²) in [5.74, 6) is 4.63. The average molecular weight is 252 g/mol. The van der Waals surface area contributed by atoms with Crippen molar-refractivity contribution in [1.82, 2.24) is 5.32 Å². The van der Waals surface area contributed by atoms with Crippen LogP contribution in [0.4, 0.5) is 0 Å². The second kappa shape index (κ2) is 6.68. The third-order valence-corrected chi connectivity index (χ3v) is 2.73. The van der Waals surface area contributed by atoms with Gasteiger partial charge in [-0.15, -0.1) is 11.3 Å². The summed E-state index contributed by atoms with van der Waals surface area (Å²) in [4.78, 5) is 23.0. The molecule has 1 heterocycles. The highest BCUT2D eigenvalue weighted by Gasteiger charge is 2.12. The Bertz CT molecular complexity index is 471. The van der Waals surface area contributed by atoms with Crippen molar-refractivity contribution in [3.05, 3.63) is 21.9 Å². The predicted molar refractivity (Wildman–Crippen MR) is 64.6 cm³/mol. The van der Waals surface area contributed by atoms with E-state index in [0.717, 1.165) is 0 Å². The van der Waals surface area contributed by atoms with Crippen molar-refractivity contribution in [2.24, 2.45) is 5.73 Å². The molecule has 0 aliphatic rings. The Labute approximate surface area is 103 Å². The van der Waals surface area contributed by atoms with Crippen molar-refractivity contribution in [3.8, 4) is 11.8 Å². The van der Waals surface area contributed by atoms with Crippen molar-refractivity contribution in [1.29, 1.82) is 0 Å². The number of carbonyl (C=O) groups excluding carboxylic acids is 2. The number of rotatable bonds is 3. The van der Waals surface area contributed by atoms with Crippen LogP contribution in [0.3, 0.4) is 0 Å². The van der Waals surface area contributed by atoms with Gasteiger partial charge in [0.15, 0.2) is 0 Å². The second-order valence-corrected chi connectivity index (χ2v) is 3.84. The Morgan fingerprint density at radius 1 is 1.59 bits per heavy atom. The first-order valence-electron chi connectivity index (χ1n) is 4.80. The van der Waals surface area contributed by atoms with E-state index < -0.39 is 5.97 Å². The number of ether oxygens (including phenoxy) is 1. The molecule has 0 fully saturated rings. The van der Waals surface area contributed by atoms with E-state index in [0.29, 0.717) is 10.4 Å². The van der Waals surface area contributed by atoms with Gasteiger partial charge in [-0.25, -0.2) is 0 Å². The number of hydrogen-bond acceptors (Lipinski definition) is 5. The minimum absolute atomic E-state index is 0.156.